The highest BCUT2D eigenvalue weighted by Crippen LogP contribution is 2.20. The number of nitrogens with one attached hydrogen (secondary N) is 1. The van der Waals surface area contributed by atoms with Gasteiger partial charge in [-0.15, -0.1) is 0 Å². The highest BCUT2D eigenvalue weighted by molar-refractivity contribution is 7.99. The minimum atomic E-state index is -0.924. The van der Waals surface area contributed by atoms with E-state index in [9.17, 15) is 14.9 Å². The molecule has 1 saturated heterocycles. The first-order valence-electron chi connectivity index (χ1n) is 6.84. The van der Waals surface area contributed by atoms with Crippen molar-refractivity contribution < 1.29 is 14.7 Å². The number of carbonyl (C=O) groups is 2. The molecule has 0 aliphatic carbocycles. The Morgan fingerprint density at radius 3 is 2.77 bits per heavy atom. The number of piperidine rings is 1. The molecule has 0 amide bonds. The molecular formula is C15H15N3O3S. The van der Waals surface area contributed by atoms with E-state index in [-0.39, 0.29) is 17.1 Å². The maximum Gasteiger partial charge on any atom is 0.313 e. The van der Waals surface area contributed by atoms with Gasteiger partial charge >= 0.3 is 5.97 Å². The van der Waals surface area contributed by atoms with Crippen LogP contribution in [-0.2, 0) is 4.79 Å². The number of aromatic nitrogens is 1. The highest BCUT2D eigenvalue weighted by atomic mass is 32.2. The van der Waals surface area contributed by atoms with Crippen LogP contribution in [0.2, 0.25) is 0 Å². The van der Waals surface area contributed by atoms with E-state index in [1.54, 1.807) is 12.1 Å². The molecule has 0 bridgehead atoms. The number of nitrogens with zero attached hydrogens (tertiary/aromatic N) is 2. The predicted molar refractivity (Wildman–Crippen MR) is 81.4 cm³/mol. The van der Waals surface area contributed by atoms with Crippen LogP contribution in [0.1, 0.15) is 29.6 Å². The molecule has 2 heterocycles. The second-order valence-corrected chi connectivity index (χ2v) is 5.74. The van der Waals surface area contributed by atoms with Crippen LogP contribution in [0, 0.1) is 11.3 Å². The fourth-order valence-corrected chi connectivity index (χ4v) is 2.67. The molecule has 1 aromatic heterocycles. The maximum absolute atomic E-state index is 12.4. The number of hydrogen-bond donors (Lipinski definition) is 2. The van der Waals surface area contributed by atoms with Crippen molar-refractivity contribution in [2.24, 2.45) is 0 Å². The zero-order chi connectivity index (χ0) is 15.9. The molecule has 1 aliphatic heterocycles. The molecule has 22 heavy (non-hydrogen) atoms. The van der Waals surface area contributed by atoms with E-state index < -0.39 is 5.97 Å². The van der Waals surface area contributed by atoms with E-state index in [0.29, 0.717) is 22.7 Å². The Hall–Kier alpha value is -2.33. The highest BCUT2D eigenvalue weighted by Gasteiger charge is 2.19. The predicted octanol–water partition coefficient (Wildman–Crippen LogP) is 1.99. The first-order chi connectivity index (χ1) is 10.6. The molecule has 1 aliphatic rings. The van der Waals surface area contributed by atoms with Gasteiger partial charge in [-0.1, -0.05) is 11.8 Å². The molecule has 0 aromatic carbocycles. The summed E-state index contributed by atoms with van der Waals surface area (Å²) in [5.41, 5.74) is 1.16. The summed E-state index contributed by atoms with van der Waals surface area (Å²) < 4.78 is 0. The molecular weight excluding hydrogens is 302 g/mol. The van der Waals surface area contributed by atoms with Crippen LogP contribution in [0.3, 0.4) is 0 Å². The van der Waals surface area contributed by atoms with Crippen LogP contribution >= 0.6 is 11.8 Å². The Bertz CT molecular complexity index is 639. The number of pyridine rings is 1. The Morgan fingerprint density at radius 2 is 2.23 bits per heavy atom. The van der Waals surface area contributed by atoms with Gasteiger partial charge in [-0.05, 0) is 31.4 Å². The van der Waals surface area contributed by atoms with Crippen LogP contribution in [0.15, 0.2) is 34.6 Å². The van der Waals surface area contributed by atoms with Gasteiger partial charge in [-0.25, -0.2) is 4.98 Å². The lowest BCUT2D eigenvalue weighted by molar-refractivity contribution is -0.133. The normalized spacial score (nSPS) is 16.3. The molecule has 0 atom stereocenters. The Morgan fingerprint density at radius 1 is 1.41 bits per heavy atom. The van der Waals surface area contributed by atoms with Crippen LogP contribution < -0.4 is 5.32 Å². The third-order valence-corrected chi connectivity index (χ3v) is 4.10. The minimum Gasteiger partial charge on any atom is -0.481 e. The molecule has 0 radical (unpaired) electrons. The molecule has 2 rings (SSSR count). The number of carboxylic acids is 1. The van der Waals surface area contributed by atoms with Gasteiger partial charge in [0.05, 0.1) is 10.8 Å². The number of thioether (sulfide) groups is 1. The molecule has 0 unspecified atom stereocenters. The first kappa shape index (κ1) is 16.0. The third kappa shape index (κ3) is 4.09. The minimum absolute atomic E-state index is 0.0856. The molecule has 6 nitrogen and oxygen atoms in total. The number of aliphatic carboxylic acids is 1. The first-order valence-corrected chi connectivity index (χ1v) is 7.83. The van der Waals surface area contributed by atoms with Crippen LogP contribution in [0.25, 0.3) is 0 Å². The van der Waals surface area contributed by atoms with Crippen molar-refractivity contribution in [3.8, 4) is 6.07 Å². The number of ketones is 1. The lowest BCUT2D eigenvalue weighted by atomic mass is 9.99. The number of nitriles is 1. The van der Waals surface area contributed by atoms with E-state index in [4.69, 9.17) is 5.11 Å². The van der Waals surface area contributed by atoms with Crippen molar-refractivity contribution >= 4 is 23.5 Å². The summed E-state index contributed by atoms with van der Waals surface area (Å²) in [7, 11) is 0. The number of hydrogen-bond acceptors (Lipinski definition) is 6. The van der Waals surface area contributed by atoms with Crippen molar-refractivity contribution in [1.29, 1.82) is 5.26 Å². The average molecular weight is 317 g/mol. The van der Waals surface area contributed by atoms with E-state index in [0.717, 1.165) is 31.1 Å². The molecule has 0 saturated carbocycles. The molecule has 114 valence electrons. The fourth-order valence-electron chi connectivity index (χ4n) is 2.10. The van der Waals surface area contributed by atoms with Gasteiger partial charge in [0.1, 0.15) is 11.6 Å². The SMILES string of the molecule is N#C/C(C(=O)c1ccc(SCC(=O)O)nc1)=C1\CCCCN1. The average Bonchev–Trinajstić information content (AvgIpc) is 2.55. The summed E-state index contributed by atoms with van der Waals surface area (Å²) in [6.45, 7) is 0.775. The van der Waals surface area contributed by atoms with E-state index in [1.165, 1.54) is 6.20 Å². The van der Waals surface area contributed by atoms with Crippen molar-refractivity contribution in [1.82, 2.24) is 10.3 Å². The van der Waals surface area contributed by atoms with E-state index in [1.807, 2.05) is 6.07 Å². The van der Waals surface area contributed by atoms with Crippen molar-refractivity contribution in [2.45, 2.75) is 24.3 Å². The summed E-state index contributed by atoms with van der Waals surface area (Å²) in [6.07, 6.45) is 4.08. The summed E-state index contributed by atoms with van der Waals surface area (Å²) in [6, 6.07) is 5.14. The van der Waals surface area contributed by atoms with Crippen LogP contribution in [-0.4, -0.2) is 34.1 Å². The van der Waals surface area contributed by atoms with E-state index >= 15 is 0 Å². The summed E-state index contributed by atoms with van der Waals surface area (Å²) in [5.74, 6) is -1.36. The number of rotatable bonds is 5. The Balaban J connectivity index is 2.14. The number of allylic oxidation sites excluding steroid dienone is 2. The van der Waals surface area contributed by atoms with E-state index in [2.05, 4.69) is 10.3 Å². The monoisotopic (exact) mass is 317 g/mol. The van der Waals surface area contributed by atoms with Crippen molar-refractivity contribution in [3.63, 3.8) is 0 Å². The molecule has 2 N–H and O–H groups in total. The van der Waals surface area contributed by atoms with Gasteiger partial charge in [-0.2, -0.15) is 5.26 Å². The third-order valence-electron chi connectivity index (χ3n) is 3.17. The standard InChI is InChI=1S/C15H15N3O3S/c16-7-11(12-3-1-2-6-17-12)15(21)10-4-5-13(18-8-10)22-9-14(19)20/h4-5,8,17H,1-3,6,9H2,(H,19,20)/b12-11-. The lowest BCUT2D eigenvalue weighted by Gasteiger charge is -2.17. The second-order valence-electron chi connectivity index (χ2n) is 4.75. The van der Waals surface area contributed by atoms with Gasteiger partial charge in [0.25, 0.3) is 0 Å². The van der Waals surface area contributed by atoms with Gasteiger partial charge in [0.2, 0.25) is 5.78 Å². The largest absolute Gasteiger partial charge is 0.481 e. The zero-order valence-electron chi connectivity index (χ0n) is 11.8. The molecule has 1 fully saturated rings. The molecule has 0 spiro atoms. The summed E-state index contributed by atoms with van der Waals surface area (Å²) >= 11 is 1.08. The zero-order valence-corrected chi connectivity index (χ0v) is 12.7. The van der Waals surface area contributed by atoms with Crippen LogP contribution in [0.4, 0.5) is 0 Å². The molecule has 1 aromatic rings. The second kappa shape index (κ2) is 7.61. The van der Waals surface area contributed by atoms with Gasteiger partial charge in [0.15, 0.2) is 0 Å². The van der Waals surface area contributed by atoms with Crippen molar-refractivity contribution in [3.05, 3.63) is 35.2 Å². The smallest absolute Gasteiger partial charge is 0.313 e. The fraction of sp³-hybridized carbons (Fsp3) is 0.333. The number of carbonyl (C=O) groups excluding carboxylic acids is 1. The number of Topliss-reactive ketones (excluding diaryl/α,β-unsaturated/α-hetero) is 1. The van der Waals surface area contributed by atoms with Crippen molar-refractivity contribution in [2.75, 3.05) is 12.3 Å². The quantitative estimate of drug-likeness (QED) is 0.370. The lowest BCUT2D eigenvalue weighted by Crippen LogP contribution is -2.23. The van der Waals surface area contributed by atoms with Gasteiger partial charge < -0.3 is 10.4 Å². The van der Waals surface area contributed by atoms with Gasteiger partial charge in [-0.3, -0.25) is 9.59 Å². The van der Waals surface area contributed by atoms with Gasteiger partial charge in [0, 0.05) is 24.0 Å². The Kier molecular flexibility index (Phi) is 5.55. The van der Waals surface area contributed by atoms with Crippen LogP contribution in [0.5, 0.6) is 0 Å². The summed E-state index contributed by atoms with van der Waals surface area (Å²) in [5, 5.41) is 21.5. The Labute approximate surface area is 132 Å². The topological polar surface area (TPSA) is 103 Å². The maximum atomic E-state index is 12.4. The summed E-state index contributed by atoms with van der Waals surface area (Å²) in [4.78, 5) is 27.0. The number of carboxylic acid groups (broad SMARTS) is 1. The molecule has 7 heteroatoms.